The summed E-state index contributed by atoms with van der Waals surface area (Å²) in [6, 6.07) is 6.55. The summed E-state index contributed by atoms with van der Waals surface area (Å²) in [4.78, 5) is 28.5. The van der Waals surface area contributed by atoms with Crippen molar-refractivity contribution >= 4 is 40.1 Å². The van der Waals surface area contributed by atoms with Crippen molar-refractivity contribution in [3.05, 3.63) is 67.2 Å². The third kappa shape index (κ3) is 4.51. The molecule has 1 aliphatic rings. The lowest BCUT2D eigenvalue weighted by molar-refractivity contribution is -0.0461. The lowest BCUT2D eigenvalue weighted by atomic mass is 9.92. The Labute approximate surface area is 199 Å². The molecular formula is C24H22Cl2FNO5. The fourth-order valence-electron chi connectivity index (χ4n) is 4.04. The van der Waals surface area contributed by atoms with Crippen molar-refractivity contribution in [2.75, 3.05) is 19.8 Å². The molecule has 0 saturated carbocycles. The molecule has 1 fully saturated rings. The van der Waals surface area contributed by atoms with Crippen molar-refractivity contribution in [2.24, 2.45) is 0 Å². The van der Waals surface area contributed by atoms with Gasteiger partial charge in [-0.3, -0.25) is 4.79 Å². The van der Waals surface area contributed by atoms with Gasteiger partial charge in [0.15, 0.2) is 12.1 Å². The lowest BCUT2D eigenvalue weighted by Gasteiger charge is -2.17. The van der Waals surface area contributed by atoms with Crippen LogP contribution in [0.5, 0.6) is 0 Å². The average Bonchev–Trinajstić information content (AvgIpc) is 3.29. The zero-order valence-electron chi connectivity index (χ0n) is 18.1. The first-order valence-electron chi connectivity index (χ1n) is 10.6. The highest BCUT2D eigenvalue weighted by Crippen LogP contribution is 2.39. The molecule has 0 radical (unpaired) electrons. The minimum absolute atomic E-state index is 0.0197. The van der Waals surface area contributed by atoms with E-state index in [2.05, 4.69) is 4.98 Å². The van der Waals surface area contributed by atoms with Crippen LogP contribution >= 0.6 is 23.2 Å². The second kappa shape index (κ2) is 9.81. The topological polar surface area (TPSA) is 77.6 Å². The van der Waals surface area contributed by atoms with E-state index in [0.29, 0.717) is 37.2 Å². The SMILES string of the molecule is CCOC(=O)c1c(C)[nH]c2c(F)c(-c3cccc(Cl)c3Cl)c(CCC3OCCO3)cc2c1=O. The summed E-state index contributed by atoms with van der Waals surface area (Å²) in [5, 5.41) is 0.532. The Morgan fingerprint density at radius 2 is 2.00 bits per heavy atom. The van der Waals surface area contributed by atoms with E-state index in [1.165, 1.54) is 6.92 Å². The minimum Gasteiger partial charge on any atom is -0.462 e. The number of aromatic nitrogens is 1. The fourth-order valence-corrected chi connectivity index (χ4v) is 4.44. The van der Waals surface area contributed by atoms with Gasteiger partial charge in [0.2, 0.25) is 5.43 Å². The minimum atomic E-state index is -0.755. The fraction of sp³-hybridized carbons (Fsp3) is 0.333. The van der Waals surface area contributed by atoms with Crippen LogP contribution in [0.1, 0.15) is 35.0 Å². The molecule has 6 nitrogen and oxygen atoms in total. The normalized spacial score (nSPS) is 14.2. The third-order valence-corrected chi connectivity index (χ3v) is 6.37. The van der Waals surface area contributed by atoms with Crippen molar-refractivity contribution in [1.82, 2.24) is 4.98 Å². The second-order valence-electron chi connectivity index (χ2n) is 7.63. The van der Waals surface area contributed by atoms with E-state index in [1.54, 1.807) is 31.2 Å². The molecule has 0 atom stereocenters. The van der Waals surface area contributed by atoms with Gasteiger partial charge in [0, 0.05) is 28.6 Å². The van der Waals surface area contributed by atoms with E-state index in [4.69, 9.17) is 37.4 Å². The van der Waals surface area contributed by atoms with Crippen LogP contribution in [0.4, 0.5) is 4.39 Å². The molecule has 0 unspecified atom stereocenters. The molecule has 33 heavy (non-hydrogen) atoms. The number of halogens is 3. The Morgan fingerprint density at radius 3 is 2.70 bits per heavy atom. The maximum atomic E-state index is 16.0. The summed E-state index contributed by atoms with van der Waals surface area (Å²) in [6.07, 6.45) is 0.375. The van der Waals surface area contributed by atoms with Crippen molar-refractivity contribution < 1.29 is 23.4 Å². The average molecular weight is 494 g/mol. The number of benzene rings is 2. The smallest absolute Gasteiger partial charge is 0.343 e. The number of carbonyl (C=O) groups is 1. The molecule has 0 aliphatic carbocycles. The number of aryl methyl sites for hydroxylation is 2. The van der Waals surface area contributed by atoms with E-state index in [1.807, 2.05) is 0 Å². The van der Waals surface area contributed by atoms with Gasteiger partial charge < -0.3 is 19.2 Å². The van der Waals surface area contributed by atoms with Gasteiger partial charge in [-0.05, 0) is 38.0 Å². The van der Waals surface area contributed by atoms with Crippen molar-refractivity contribution in [3.63, 3.8) is 0 Å². The van der Waals surface area contributed by atoms with Crippen LogP contribution in [-0.4, -0.2) is 37.1 Å². The molecule has 0 bridgehead atoms. The number of aromatic amines is 1. The predicted molar refractivity (Wildman–Crippen MR) is 125 cm³/mol. The molecule has 1 N–H and O–H groups in total. The van der Waals surface area contributed by atoms with Crippen LogP contribution in [0.25, 0.3) is 22.0 Å². The highest BCUT2D eigenvalue weighted by atomic mass is 35.5. The largest absolute Gasteiger partial charge is 0.462 e. The van der Waals surface area contributed by atoms with Crippen LogP contribution in [0.2, 0.25) is 10.0 Å². The molecule has 0 spiro atoms. The Kier molecular flexibility index (Phi) is 7.05. The number of H-pyrrole nitrogens is 1. The van der Waals surface area contributed by atoms with Crippen LogP contribution in [-0.2, 0) is 20.6 Å². The standard InChI is InChI=1S/C24H22Cl2FNO5/c1-3-31-24(30)18-12(2)28-22-15(23(18)29)11-13(7-8-17-32-9-10-33-17)19(21(22)27)14-5-4-6-16(25)20(14)26/h4-6,11,17H,3,7-10H2,1-2H3,(H,28,29). The Balaban J connectivity index is 1.96. The summed E-state index contributed by atoms with van der Waals surface area (Å²) in [6.45, 7) is 4.27. The van der Waals surface area contributed by atoms with Gasteiger partial charge in [0.25, 0.3) is 0 Å². The maximum absolute atomic E-state index is 16.0. The zero-order valence-corrected chi connectivity index (χ0v) is 19.6. The second-order valence-corrected chi connectivity index (χ2v) is 8.42. The number of nitrogens with one attached hydrogen (secondary N) is 1. The molecular weight excluding hydrogens is 472 g/mol. The molecule has 2 heterocycles. The number of hydrogen-bond acceptors (Lipinski definition) is 5. The summed E-state index contributed by atoms with van der Waals surface area (Å²) in [7, 11) is 0. The molecule has 2 aromatic carbocycles. The third-order valence-electron chi connectivity index (χ3n) is 5.55. The lowest BCUT2D eigenvalue weighted by Crippen LogP contribution is -2.21. The van der Waals surface area contributed by atoms with E-state index < -0.39 is 23.5 Å². The highest BCUT2D eigenvalue weighted by Gasteiger charge is 2.25. The molecule has 1 aliphatic heterocycles. The van der Waals surface area contributed by atoms with E-state index in [-0.39, 0.29) is 44.4 Å². The molecule has 174 valence electrons. The number of ether oxygens (including phenoxy) is 3. The molecule has 1 saturated heterocycles. The number of esters is 1. The Hall–Kier alpha value is -2.45. The van der Waals surface area contributed by atoms with E-state index in [9.17, 15) is 9.59 Å². The highest BCUT2D eigenvalue weighted by molar-refractivity contribution is 6.43. The predicted octanol–water partition coefficient (Wildman–Crippen LogP) is 5.43. The van der Waals surface area contributed by atoms with Gasteiger partial charge in [-0.1, -0.05) is 35.3 Å². The summed E-state index contributed by atoms with van der Waals surface area (Å²) in [5.41, 5.74) is 0.601. The molecule has 4 rings (SSSR count). The molecule has 1 aromatic heterocycles. The van der Waals surface area contributed by atoms with Gasteiger partial charge in [-0.25, -0.2) is 9.18 Å². The molecule has 9 heteroatoms. The van der Waals surface area contributed by atoms with E-state index >= 15 is 4.39 Å². The van der Waals surface area contributed by atoms with Crippen LogP contribution in [0.15, 0.2) is 29.1 Å². The van der Waals surface area contributed by atoms with Gasteiger partial charge >= 0.3 is 5.97 Å². The summed E-state index contributed by atoms with van der Waals surface area (Å²) < 4.78 is 32.0. The Morgan fingerprint density at radius 1 is 1.27 bits per heavy atom. The van der Waals surface area contributed by atoms with Gasteiger partial charge in [0.1, 0.15) is 5.56 Å². The Bertz CT molecular complexity index is 1280. The van der Waals surface area contributed by atoms with Crippen molar-refractivity contribution in [2.45, 2.75) is 33.0 Å². The van der Waals surface area contributed by atoms with E-state index in [0.717, 1.165) is 0 Å². The van der Waals surface area contributed by atoms with Gasteiger partial charge in [-0.2, -0.15) is 0 Å². The quantitative estimate of drug-likeness (QED) is 0.463. The number of pyridine rings is 1. The maximum Gasteiger partial charge on any atom is 0.343 e. The number of carbonyl (C=O) groups excluding carboxylic acids is 1. The first kappa shape index (κ1) is 23.7. The van der Waals surface area contributed by atoms with Crippen molar-refractivity contribution in [1.29, 1.82) is 0 Å². The summed E-state index contributed by atoms with van der Waals surface area (Å²) >= 11 is 12.6. The first-order chi connectivity index (χ1) is 15.8. The number of hydrogen-bond donors (Lipinski definition) is 1. The van der Waals surface area contributed by atoms with Crippen LogP contribution < -0.4 is 5.43 Å². The summed E-state index contributed by atoms with van der Waals surface area (Å²) in [5.74, 6) is -1.41. The number of rotatable bonds is 6. The molecule has 3 aromatic rings. The number of fused-ring (bicyclic) bond motifs is 1. The van der Waals surface area contributed by atoms with Crippen LogP contribution in [0, 0.1) is 12.7 Å². The molecule has 0 amide bonds. The first-order valence-corrected chi connectivity index (χ1v) is 11.3. The van der Waals surface area contributed by atoms with Gasteiger partial charge in [-0.15, -0.1) is 0 Å². The van der Waals surface area contributed by atoms with Gasteiger partial charge in [0.05, 0.1) is 35.4 Å². The zero-order chi connectivity index (χ0) is 23.7. The monoisotopic (exact) mass is 493 g/mol. The van der Waals surface area contributed by atoms with Crippen molar-refractivity contribution in [3.8, 4) is 11.1 Å². The van der Waals surface area contributed by atoms with Crippen LogP contribution in [0.3, 0.4) is 0 Å².